The van der Waals surface area contributed by atoms with Gasteiger partial charge in [0.15, 0.2) is 4.20 Å². The summed E-state index contributed by atoms with van der Waals surface area (Å²) in [5.74, 6) is 2.68. The van der Waals surface area contributed by atoms with Crippen LogP contribution in [0.5, 0.6) is 0 Å². The van der Waals surface area contributed by atoms with Gasteiger partial charge in [-0.1, -0.05) is 32.0 Å². The minimum atomic E-state index is -0.374. The number of carbonyl (C=O) groups is 1. The van der Waals surface area contributed by atoms with Crippen LogP contribution < -0.4 is 4.90 Å². The number of benzene rings is 1. The van der Waals surface area contributed by atoms with Crippen molar-refractivity contribution in [2.24, 2.45) is 0 Å². The second-order valence-electron chi connectivity index (χ2n) is 4.79. The van der Waals surface area contributed by atoms with Crippen LogP contribution in [0.4, 0.5) is 5.69 Å². The van der Waals surface area contributed by atoms with E-state index in [0.29, 0.717) is 6.61 Å². The summed E-state index contributed by atoms with van der Waals surface area (Å²) in [6.45, 7) is 8.69. The van der Waals surface area contributed by atoms with Gasteiger partial charge in [0.2, 0.25) is 0 Å². The minimum Gasteiger partial charge on any atom is -0.498 e. The molecule has 120 valence electrons. The molecule has 0 N–H and O–H groups in total. The molecule has 0 saturated carbocycles. The summed E-state index contributed by atoms with van der Waals surface area (Å²) in [7, 11) is 0. The number of nitrogens with zero attached hydrogens (tertiary/aromatic N) is 1. The molecule has 5 heteroatoms. The van der Waals surface area contributed by atoms with E-state index >= 15 is 0 Å². The number of hydrogen-bond donors (Lipinski definition) is 0. The maximum atomic E-state index is 12.8. The van der Waals surface area contributed by atoms with Gasteiger partial charge >= 0.3 is 0 Å². The first-order valence-electron chi connectivity index (χ1n) is 7.64. The summed E-state index contributed by atoms with van der Waals surface area (Å²) in [5, 5.41) is 0. The van der Waals surface area contributed by atoms with Crippen LogP contribution in [0.25, 0.3) is 0 Å². The van der Waals surface area contributed by atoms with Gasteiger partial charge in [0, 0.05) is 5.69 Å². The first kappa shape index (κ1) is 17.3. The van der Waals surface area contributed by atoms with Crippen molar-refractivity contribution in [3.8, 4) is 0 Å². The highest BCUT2D eigenvalue weighted by molar-refractivity contribution is 8.19. The SMILES string of the molecule is CCO/C(C)=C1\C(=O)N(c2ccccc2)C1(SCC)SCC. The molecule has 0 radical (unpaired) electrons. The van der Waals surface area contributed by atoms with E-state index in [-0.39, 0.29) is 10.1 Å². The molecule has 1 aromatic carbocycles. The molecule has 1 aliphatic heterocycles. The lowest BCUT2D eigenvalue weighted by atomic mass is 10.0. The van der Waals surface area contributed by atoms with Crippen molar-refractivity contribution in [1.29, 1.82) is 0 Å². The van der Waals surface area contributed by atoms with E-state index in [1.807, 2.05) is 49.1 Å². The summed E-state index contributed by atoms with van der Waals surface area (Å²) >= 11 is 3.58. The third-order valence-electron chi connectivity index (χ3n) is 3.43. The van der Waals surface area contributed by atoms with Crippen LogP contribution in [-0.4, -0.2) is 28.2 Å². The van der Waals surface area contributed by atoms with E-state index in [9.17, 15) is 4.79 Å². The summed E-state index contributed by atoms with van der Waals surface area (Å²) < 4.78 is 5.28. The molecule has 1 aliphatic rings. The normalized spacial score (nSPS) is 18.9. The van der Waals surface area contributed by atoms with Crippen molar-refractivity contribution in [3.63, 3.8) is 0 Å². The maximum absolute atomic E-state index is 12.8. The molecule has 0 unspecified atom stereocenters. The summed E-state index contributed by atoms with van der Waals surface area (Å²) in [6, 6.07) is 9.89. The summed E-state index contributed by atoms with van der Waals surface area (Å²) in [6.07, 6.45) is 0. The molecule has 0 aromatic heterocycles. The number of ether oxygens (including phenoxy) is 1. The first-order chi connectivity index (χ1) is 10.6. The number of thioether (sulfide) groups is 2. The molecular weight excluding hydrogens is 314 g/mol. The van der Waals surface area contributed by atoms with Gasteiger partial charge in [0.05, 0.1) is 6.61 Å². The van der Waals surface area contributed by atoms with E-state index in [1.165, 1.54) is 0 Å². The number of carbonyl (C=O) groups excluding carboxylic acids is 1. The molecule has 0 spiro atoms. The van der Waals surface area contributed by atoms with Gasteiger partial charge in [-0.2, -0.15) is 0 Å². The van der Waals surface area contributed by atoms with E-state index in [4.69, 9.17) is 4.74 Å². The number of anilines is 1. The van der Waals surface area contributed by atoms with Gasteiger partial charge in [-0.25, -0.2) is 0 Å². The molecule has 1 fully saturated rings. The minimum absolute atomic E-state index is 0.0547. The Kier molecular flexibility index (Phi) is 5.87. The number of para-hydroxylation sites is 1. The smallest absolute Gasteiger partial charge is 0.263 e. The van der Waals surface area contributed by atoms with Gasteiger partial charge in [-0.3, -0.25) is 9.69 Å². The van der Waals surface area contributed by atoms with E-state index < -0.39 is 0 Å². The lowest BCUT2D eigenvalue weighted by Gasteiger charge is -2.52. The second-order valence-corrected chi connectivity index (χ2v) is 7.96. The number of amides is 1. The van der Waals surface area contributed by atoms with Crippen LogP contribution in [0.15, 0.2) is 41.7 Å². The highest BCUT2D eigenvalue weighted by Crippen LogP contribution is 2.56. The zero-order valence-electron chi connectivity index (χ0n) is 13.6. The molecule has 1 saturated heterocycles. The third-order valence-corrected chi connectivity index (χ3v) is 6.27. The predicted octanol–water partition coefficient (Wildman–Crippen LogP) is 4.50. The quantitative estimate of drug-likeness (QED) is 0.317. The van der Waals surface area contributed by atoms with Crippen LogP contribution in [0.2, 0.25) is 0 Å². The largest absolute Gasteiger partial charge is 0.498 e. The van der Waals surface area contributed by atoms with Gasteiger partial charge in [-0.15, -0.1) is 23.5 Å². The standard InChI is InChI=1S/C17H23NO2S2/c1-5-20-13(4)15-16(19)18(14-11-9-8-10-12-14)17(15,21-6-2)22-7-3/h8-12H,5-7H2,1-4H3/b15-13+. The first-order valence-corrected chi connectivity index (χ1v) is 9.61. The molecule has 1 aromatic rings. The molecule has 0 aliphatic carbocycles. The molecule has 0 bridgehead atoms. The van der Waals surface area contributed by atoms with Crippen LogP contribution in [0.1, 0.15) is 27.7 Å². The van der Waals surface area contributed by atoms with Crippen LogP contribution >= 0.6 is 23.5 Å². The van der Waals surface area contributed by atoms with E-state index in [1.54, 1.807) is 23.5 Å². The molecule has 2 rings (SSSR count). The zero-order valence-corrected chi connectivity index (χ0v) is 15.2. The fourth-order valence-electron chi connectivity index (χ4n) is 2.67. The number of β-lactam (4-membered cyclic amide) rings is 1. The van der Waals surface area contributed by atoms with Crippen LogP contribution in [0.3, 0.4) is 0 Å². The molecule has 22 heavy (non-hydrogen) atoms. The van der Waals surface area contributed by atoms with Crippen molar-refractivity contribution < 1.29 is 9.53 Å². The van der Waals surface area contributed by atoms with Crippen molar-refractivity contribution in [2.75, 3.05) is 23.0 Å². The Morgan fingerprint density at radius 2 is 1.73 bits per heavy atom. The fraction of sp³-hybridized carbons (Fsp3) is 0.471. The van der Waals surface area contributed by atoms with Crippen molar-refractivity contribution in [2.45, 2.75) is 31.9 Å². The van der Waals surface area contributed by atoms with Crippen molar-refractivity contribution in [1.82, 2.24) is 0 Å². The molecular formula is C17H23NO2S2. The predicted molar refractivity (Wildman–Crippen MR) is 97.2 cm³/mol. The Hall–Kier alpha value is -1.07. The zero-order chi connectivity index (χ0) is 16.2. The molecule has 0 atom stereocenters. The van der Waals surface area contributed by atoms with Crippen molar-refractivity contribution in [3.05, 3.63) is 41.7 Å². The fourth-order valence-corrected chi connectivity index (χ4v) is 5.88. The highest BCUT2D eigenvalue weighted by atomic mass is 32.2. The van der Waals surface area contributed by atoms with Crippen molar-refractivity contribution >= 4 is 35.1 Å². The average Bonchev–Trinajstić information content (AvgIpc) is 2.49. The Labute approximate surface area is 141 Å². The Morgan fingerprint density at radius 3 is 2.23 bits per heavy atom. The average molecular weight is 338 g/mol. The monoisotopic (exact) mass is 337 g/mol. The topological polar surface area (TPSA) is 29.5 Å². The lowest BCUT2D eigenvalue weighted by molar-refractivity contribution is -0.118. The molecule has 1 amide bonds. The highest BCUT2D eigenvalue weighted by Gasteiger charge is 2.58. The van der Waals surface area contributed by atoms with Gasteiger partial charge in [0.1, 0.15) is 11.3 Å². The number of rotatable bonds is 7. The Balaban J connectivity index is 2.50. The van der Waals surface area contributed by atoms with Gasteiger partial charge < -0.3 is 4.74 Å². The van der Waals surface area contributed by atoms with Gasteiger partial charge in [-0.05, 0) is 37.5 Å². The third kappa shape index (κ3) is 2.88. The van der Waals surface area contributed by atoms with Crippen LogP contribution in [-0.2, 0) is 9.53 Å². The number of allylic oxidation sites excluding steroid dienone is 1. The lowest BCUT2D eigenvalue weighted by Crippen LogP contribution is -2.63. The Morgan fingerprint density at radius 1 is 1.14 bits per heavy atom. The van der Waals surface area contributed by atoms with Crippen LogP contribution in [0, 0.1) is 0 Å². The second kappa shape index (κ2) is 7.47. The van der Waals surface area contributed by atoms with Gasteiger partial charge in [0.25, 0.3) is 5.91 Å². The van der Waals surface area contributed by atoms with E-state index in [0.717, 1.165) is 28.5 Å². The summed E-state index contributed by atoms with van der Waals surface area (Å²) in [5.41, 5.74) is 1.75. The summed E-state index contributed by atoms with van der Waals surface area (Å²) in [4.78, 5) is 14.7. The molecule has 1 heterocycles. The maximum Gasteiger partial charge on any atom is 0.263 e. The Bertz CT molecular complexity index is 551. The molecule has 3 nitrogen and oxygen atoms in total. The van der Waals surface area contributed by atoms with E-state index in [2.05, 4.69) is 13.8 Å². The number of hydrogen-bond acceptors (Lipinski definition) is 4.